The molecule has 0 aliphatic heterocycles. The molecule has 0 atom stereocenters. The molecule has 2 heterocycles. The Balaban J connectivity index is 2.23. The van der Waals surface area contributed by atoms with Crippen molar-refractivity contribution >= 4 is 11.0 Å². The van der Waals surface area contributed by atoms with E-state index in [1.807, 2.05) is 6.92 Å². The van der Waals surface area contributed by atoms with Gasteiger partial charge in [0.2, 0.25) is 0 Å². The Kier molecular flexibility index (Phi) is 4.48. The molecule has 7 heteroatoms. The number of alkyl halides is 3. The maximum Gasteiger partial charge on any atom is 0.417 e. The van der Waals surface area contributed by atoms with Crippen LogP contribution >= 0.6 is 0 Å². The molecule has 3 rings (SSSR count). The molecule has 130 valence electrons. The molecule has 0 amide bonds. The largest absolute Gasteiger partial charge is 0.493 e. The maximum absolute atomic E-state index is 13.3. The van der Waals surface area contributed by atoms with E-state index < -0.39 is 17.4 Å². The first-order valence-corrected chi connectivity index (χ1v) is 7.62. The number of pyridine rings is 1. The van der Waals surface area contributed by atoms with Gasteiger partial charge in [0, 0.05) is 41.0 Å². The summed E-state index contributed by atoms with van der Waals surface area (Å²) in [6.45, 7) is 2.43. The minimum Gasteiger partial charge on any atom is -0.493 e. The number of hydrogen-bond acceptors (Lipinski definition) is 4. The SMILES string of the molecule is CCCOc1ccc2c(-c3cnccc3C(F)(F)F)cc(=O)oc2c1. The fraction of sp³-hybridized carbons (Fsp3) is 0.222. The van der Waals surface area contributed by atoms with E-state index in [-0.39, 0.29) is 16.7 Å². The van der Waals surface area contributed by atoms with Crippen LogP contribution in [0.25, 0.3) is 22.1 Å². The molecule has 0 N–H and O–H groups in total. The lowest BCUT2D eigenvalue weighted by Gasteiger charge is -2.13. The summed E-state index contributed by atoms with van der Waals surface area (Å²) in [5, 5.41) is 0.377. The van der Waals surface area contributed by atoms with Crippen molar-refractivity contribution in [1.82, 2.24) is 4.98 Å². The summed E-state index contributed by atoms with van der Waals surface area (Å²) in [7, 11) is 0. The predicted molar refractivity (Wildman–Crippen MR) is 86.5 cm³/mol. The number of ether oxygens (including phenoxy) is 1. The summed E-state index contributed by atoms with van der Waals surface area (Å²) >= 11 is 0. The summed E-state index contributed by atoms with van der Waals surface area (Å²) in [6, 6.07) is 6.63. The van der Waals surface area contributed by atoms with E-state index in [9.17, 15) is 18.0 Å². The lowest BCUT2D eigenvalue weighted by molar-refractivity contribution is -0.137. The Morgan fingerprint density at radius 1 is 1.16 bits per heavy atom. The van der Waals surface area contributed by atoms with Crippen molar-refractivity contribution in [2.24, 2.45) is 0 Å². The zero-order chi connectivity index (χ0) is 18.0. The first-order chi connectivity index (χ1) is 11.9. The number of halogens is 3. The van der Waals surface area contributed by atoms with Gasteiger partial charge < -0.3 is 9.15 Å². The Morgan fingerprint density at radius 3 is 2.68 bits per heavy atom. The summed E-state index contributed by atoms with van der Waals surface area (Å²) < 4.78 is 50.5. The molecule has 2 aromatic heterocycles. The Labute approximate surface area is 140 Å². The minimum atomic E-state index is -4.56. The van der Waals surface area contributed by atoms with Crippen LogP contribution in [0.3, 0.4) is 0 Å². The molecule has 0 fully saturated rings. The summed E-state index contributed by atoms with van der Waals surface area (Å²) in [5.74, 6) is 0.483. The number of aromatic nitrogens is 1. The molecule has 0 aliphatic carbocycles. The van der Waals surface area contributed by atoms with E-state index in [4.69, 9.17) is 9.15 Å². The van der Waals surface area contributed by atoms with E-state index in [1.54, 1.807) is 12.1 Å². The molecule has 0 bridgehead atoms. The second kappa shape index (κ2) is 6.58. The Hall–Kier alpha value is -2.83. The summed E-state index contributed by atoms with van der Waals surface area (Å²) in [6.07, 6.45) is -1.60. The van der Waals surface area contributed by atoms with Crippen LogP contribution in [0.2, 0.25) is 0 Å². The molecule has 0 saturated heterocycles. The van der Waals surface area contributed by atoms with Gasteiger partial charge in [-0.05, 0) is 24.6 Å². The summed E-state index contributed by atoms with van der Waals surface area (Å²) in [4.78, 5) is 15.6. The molecule has 4 nitrogen and oxygen atoms in total. The van der Waals surface area contributed by atoms with Crippen LogP contribution in [0.4, 0.5) is 13.2 Å². The topological polar surface area (TPSA) is 52.3 Å². The van der Waals surface area contributed by atoms with Crippen molar-refractivity contribution in [2.75, 3.05) is 6.61 Å². The number of rotatable bonds is 4. The molecule has 1 aromatic carbocycles. The van der Waals surface area contributed by atoms with E-state index in [1.165, 1.54) is 6.07 Å². The van der Waals surface area contributed by atoms with E-state index in [0.717, 1.165) is 30.9 Å². The molecule has 3 aromatic rings. The van der Waals surface area contributed by atoms with Crippen LogP contribution in [-0.2, 0) is 6.18 Å². The Bertz CT molecular complexity index is 964. The van der Waals surface area contributed by atoms with Crippen molar-refractivity contribution < 1.29 is 22.3 Å². The average molecular weight is 349 g/mol. The van der Waals surface area contributed by atoms with Gasteiger partial charge in [0.25, 0.3) is 0 Å². The normalized spacial score (nSPS) is 11.7. The van der Waals surface area contributed by atoms with Crippen LogP contribution in [0, 0.1) is 0 Å². The van der Waals surface area contributed by atoms with Gasteiger partial charge in [-0.2, -0.15) is 13.2 Å². The first kappa shape index (κ1) is 17.0. The highest BCUT2D eigenvalue weighted by Gasteiger charge is 2.34. The summed E-state index contributed by atoms with van der Waals surface area (Å²) in [5.41, 5.74) is -1.50. The zero-order valence-electron chi connectivity index (χ0n) is 13.3. The van der Waals surface area contributed by atoms with Crippen LogP contribution in [-0.4, -0.2) is 11.6 Å². The molecular formula is C18H14F3NO3. The fourth-order valence-corrected chi connectivity index (χ4v) is 2.53. The van der Waals surface area contributed by atoms with E-state index in [2.05, 4.69) is 4.98 Å². The van der Waals surface area contributed by atoms with Crippen LogP contribution in [0.5, 0.6) is 5.75 Å². The third-order valence-electron chi connectivity index (χ3n) is 3.61. The third-order valence-corrected chi connectivity index (χ3v) is 3.61. The smallest absolute Gasteiger partial charge is 0.417 e. The first-order valence-electron chi connectivity index (χ1n) is 7.62. The number of benzene rings is 1. The van der Waals surface area contributed by atoms with Crippen LogP contribution < -0.4 is 10.4 Å². The highest BCUT2D eigenvalue weighted by atomic mass is 19.4. The Morgan fingerprint density at radius 2 is 1.96 bits per heavy atom. The third kappa shape index (κ3) is 3.50. The molecule has 25 heavy (non-hydrogen) atoms. The van der Waals surface area contributed by atoms with Crippen molar-refractivity contribution in [3.05, 3.63) is 58.7 Å². The van der Waals surface area contributed by atoms with Gasteiger partial charge in [0.1, 0.15) is 11.3 Å². The number of fused-ring (bicyclic) bond motifs is 1. The lowest BCUT2D eigenvalue weighted by Crippen LogP contribution is -2.08. The van der Waals surface area contributed by atoms with Gasteiger partial charge in [-0.15, -0.1) is 0 Å². The molecule has 0 saturated carbocycles. The monoisotopic (exact) mass is 349 g/mol. The average Bonchev–Trinajstić information content (AvgIpc) is 2.58. The number of nitrogens with zero attached hydrogens (tertiary/aromatic N) is 1. The van der Waals surface area contributed by atoms with Gasteiger partial charge in [-0.25, -0.2) is 4.79 Å². The minimum absolute atomic E-state index is 0.119. The van der Waals surface area contributed by atoms with Gasteiger partial charge in [0.05, 0.1) is 12.2 Å². The second-order valence-electron chi connectivity index (χ2n) is 5.40. The number of hydrogen-bond donors (Lipinski definition) is 0. The maximum atomic E-state index is 13.3. The quantitative estimate of drug-likeness (QED) is 0.643. The molecule has 0 unspecified atom stereocenters. The van der Waals surface area contributed by atoms with Crippen LogP contribution in [0.15, 0.2) is 51.9 Å². The predicted octanol–water partition coefficient (Wildman–Crippen LogP) is 4.66. The van der Waals surface area contributed by atoms with Gasteiger partial charge in [0.15, 0.2) is 0 Å². The molecular weight excluding hydrogens is 335 g/mol. The van der Waals surface area contributed by atoms with Gasteiger partial charge in [-0.1, -0.05) is 6.92 Å². The van der Waals surface area contributed by atoms with Crippen molar-refractivity contribution in [3.63, 3.8) is 0 Å². The van der Waals surface area contributed by atoms with Gasteiger partial charge in [-0.3, -0.25) is 4.98 Å². The highest BCUT2D eigenvalue weighted by Crippen LogP contribution is 2.38. The second-order valence-corrected chi connectivity index (χ2v) is 5.40. The van der Waals surface area contributed by atoms with Crippen molar-refractivity contribution in [1.29, 1.82) is 0 Å². The van der Waals surface area contributed by atoms with Crippen molar-refractivity contribution in [3.8, 4) is 16.9 Å². The molecule has 0 radical (unpaired) electrons. The molecule has 0 aliphatic rings. The van der Waals surface area contributed by atoms with E-state index in [0.29, 0.717) is 17.7 Å². The van der Waals surface area contributed by atoms with Crippen LogP contribution in [0.1, 0.15) is 18.9 Å². The van der Waals surface area contributed by atoms with Crippen molar-refractivity contribution in [2.45, 2.75) is 19.5 Å². The standard InChI is InChI=1S/C18H14F3NO3/c1-2-7-24-11-3-4-12-13(9-17(23)25-16(12)8-11)14-10-22-6-5-15(14)18(19,20)21/h3-6,8-10H,2,7H2,1H3. The van der Waals surface area contributed by atoms with Gasteiger partial charge >= 0.3 is 11.8 Å². The zero-order valence-corrected chi connectivity index (χ0v) is 13.3. The van der Waals surface area contributed by atoms with E-state index >= 15 is 0 Å². The fourth-order valence-electron chi connectivity index (χ4n) is 2.53. The molecule has 0 spiro atoms. The highest BCUT2D eigenvalue weighted by molar-refractivity contribution is 5.94. The lowest BCUT2D eigenvalue weighted by atomic mass is 9.99.